The van der Waals surface area contributed by atoms with E-state index >= 15 is 0 Å². The first kappa shape index (κ1) is 20.6. The molecule has 0 saturated carbocycles. The van der Waals surface area contributed by atoms with E-state index in [0.717, 1.165) is 59.4 Å². The van der Waals surface area contributed by atoms with Gasteiger partial charge in [-0.3, -0.25) is 4.79 Å². The van der Waals surface area contributed by atoms with Gasteiger partial charge >= 0.3 is 0 Å². The summed E-state index contributed by atoms with van der Waals surface area (Å²) in [5, 5.41) is 5.67. The average molecular weight is 445 g/mol. The molecule has 0 radical (unpaired) electrons. The molecule has 32 heavy (non-hydrogen) atoms. The SMILES string of the molecule is COc1cccc(-c2nn(-c3ccccc3)cc2C=C2SC(N3CCCCC3)=NC2=O)c1. The maximum atomic E-state index is 12.7. The molecule has 7 heteroatoms. The average Bonchev–Trinajstić information content (AvgIpc) is 3.44. The fraction of sp³-hybridized carbons (Fsp3) is 0.240. The van der Waals surface area contributed by atoms with Crippen molar-refractivity contribution in [2.75, 3.05) is 20.2 Å². The summed E-state index contributed by atoms with van der Waals surface area (Å²) >= 11 is 1.46. The molecule has 0 aliphatic carbocycles. The Morgan fingerprint density at radius 1 is 1.03 bits per heavy atom. The van der Waals surface area contributed by atoms with Crippen LogP contribution in [0.3, 0.4) is 0 Å². The van der Waals surface area contributed by atoms with Gasteiger partial charge in [0, 0.05) is 30.4 Å². The number of aromatic nitrogens is 2. The molecular formula is C25H24N4O2S. The highest BCUT2D eigenvalue weighted by atomic mass is 32.2. The van der Waals surface area contributed by atoms with Crippen molar-refractivity contribution < 1.29 is 9.53 Å². The van der Waals surface area contributed by atoms with Crippen LogP contribution >= 0.6 is 11.8 Å². The van der Waals surface area contributed by atoms with E-state index in [1.807, 2.05) is 71.6 Å². The number of nitrogens with zero attached hydrogens (tertiary/aromatic N) is 4. The number of rotatable bonds is 4. The van der Waals surface area contributed by atoms with Gasteiger partial charge in [0.05, 0.1) is 17.7 Å². The fourth-order valence-corrected chi connectivity index (χ4v) is 4.92. The Bertz CT molecular complexity index is 1190. The summed E-state index contributed by atoms with van der Waals surface area (Å²) in [6.07, 6.45) is 7.42. The van der Waals surface area contributed by atoms with Crippen molar-refractivity contribution in [2.24, 2.45) is 4.99 Å². The van der Waals surface area contributed by atoms with Crippen LogP contribution in [0.4, 0.5) is 0 Å². The van der Waals surface area contributed by atoms with Gasteiger partial charge in [-0.25, -0.2) is 4.68 Å². The van der Waals surface area contributed by atoms with Crippen LogP contribution in [0.5, 0.6) is 5.75 Å². The Morgan fingerprint density at radius 3 is 2.62 bits per heavy atom. The van der Waals surface area contributed by atoms with E-state index in [4.69, 9.17) is 9.84 Å². The van der Waals surface area contributed by atoms with Crippen LogP contribution in [0.15, 0.2) is 70.7 Å². The van der Waals surface area contributed by atoms with E-state index in [-0.39, 0.29) is 5.91 Å². The Kier molecular flexibility index (Phi) is 5.81. The Labute approximate surface area is 191 Å². The Balaban J connectivity index is 1.52. The minimum absolute atomic E-state index is 0.181. The molecule has 3 aromatic rings. The summed E-state index contributed by atoms with van der Waals surface area (Å²) in [4.78, 5) is 19.9. The maximum absolute atomic E-state index is 12.7. The number of hydrogen-bond donors (Lipinski definition) is 0. The molecule has 0 unspecified atom stereocenters. The van der Waals surface area contributed by atoms with E-state index in [0.29, 0.717) is 4.91 Å². The third-order valence-electron chi connectivity index (χ3n) is 5.63. The second-order valence-corrected chi connectivity index (χ2v) is 8.81. The molecule has 0 bridgehead atoms. The molecule has 2 aliphatic heterocycles. The smallest absolute Gasteiger partial charge is 0.286 e. The number of methoxy groups -OCH3 is 1. The molecule has 6 nitrogen and oxygen atoms in total. The largest absolute Gasteiger partial charge is 0.497 e. The summed E-state index contributed by atoms with van der Waals surface area (Å²) in [6.45, 7) is 1.93. The molecule has 0 spiro atoms. The number of likely N-dealkylation sites (tertiary alicyclic amines) is 1. The lowest BCUT2D eigenvalue weighted by atomic mass is 10.1. The molecule has 1 aromatic heterocycles. The lowest BCUT2D eigenvalue weighted by Gasteiger charge is -2.27. The fourth-order valence-electron chi connectivity index (χ4n) is 3.96. The van der Waals surface area contributed by atoms with Gasteiger partial charge in [0.25, 0.3) is 5.91 Å². The number of carbonyl (C=O) groups is 1. The number of para-hydroxylation sites is 1. The second-order valence-electron chi connectivity index (χ2n) is 7.80. The van der Waals surface area contributed by atoms with Crippen molar-refractivity contribution in [2.45, 2.75) is 19.3 Å². The summed E-state index contributed by atoms with van der Waals surface area (Å²) < 4.78 is 7.25. The summed E-state index contributed by atoms with van der Waals surface area (Å²) in [7, 11) is 1.65. The number of piperidine rings is 1. The van der Waals surface area contributed by atoms with Crippen LogP contribution in [0.1, 0.15) is 24.8 Å². The van der Waals surface area contributed by atoms with Gasteiger partial charge in [0.1, 0.15) is 11.4 Å². The number of hydrogen-bond acceptors (Lipinski definition) is 5. The molecule has 162 valence electrons. The quantitative estimate of drug-likeness (QED) is 0.530. The van der Waals surface area contributed by atoms with Crippen LogP contribution in [-0.4, -0.2) is 46.0 Å². The first-order valence-electron chi connectivity index (χ1n) is 10.8. The summed E-state index contributed by atoms with van der Waals surface area (Å²) in [6, 6.07) is 17.8. The van der Waals surface area contributed by atoms with Crippen LogP contribution in [0.2, 0.25) is 0 Å². The zero-order valence-corrected chi connectivity index (χ0v) is 18.7. The van der Waals surface area contributed by atoms with Gasteiger partial charge in [-0.15, -0.1) is 0 Å². The number of benzene rings is 2. The Hall–Kier alpha value is -3.32. The number of thioether (sulfide) groups is 1. The number of amidine groups is 1. The number of carbonyl (C=O) groups excluding carboxylic acids is 1. The predicted molar refractivity (Wildman–Crippen MR) is 129 cm³/mol. The van der Waals surface area contributed by atoms with Crippen molar-refractivity contribution in [3.05, 3.63) is 71.3 Å². The lowest BCUT2D eigenvalue weighted by molar-refractivity contribution is -0.113. The van der Waals surface area contributed by atoms with Crippen molar-refractivity contribution in [3.8, 4) is 22.7 Å². The topological polar surface area (TPSA) is 59.7 Å². The van der Waals surface area contributed by atoms with Gasteiger partial charge in [0.15, 0.2) is 5.17 Å². The highest BCUT2D eigenvalue weighted by molar-refractivity contribution is 8.18. The first-order chi connectivity index (χ1) is 15.7. The summed E-state index contributed by atoms with van der Waals surface area (Å²) in [5.41, 5.74) is 3.54. The number of amides is 1. The molecule has 2 aromatic carbocycles. The van der Waals surface area contributed by atoms with Gasteiger partial charge in [0.2, 0.25) is 0 Å². The second kappa shape index (κ2) is 9.04. The predicted octanol–water partition coefficient (Wildman–Crippen LogP) is 5.00. The van der Waals surface area contributed by atoms with Gasteiger partial charge < -0.3 is 9.64 Å². The lowest BCUT2D eigenvalue weighted by Crippen LogP contribution is -2.33. The van der Waals surface area contributed by atoms with Gasteiger partial charge in [-0.1, -0.05) is 30.3 Å². The molecule has 0 N–H and O–H groups in total. The molecule has 2 aliphatic rings. The molecule has 1 saturated heterocycles. The monoisotopic (exact) mass is 444 g/mol. The standard InChI is InChI=1S/C25H24N4O2S/c1-31-21-12-8-9-18(15-21)23-19(17-29(27-23)20-10-4-2-5-11-20)16-22-24(30)26-25(32-22)28-13-6-3-7-14-28/h2,4-5,8-12,15-17H,3,6-7,13-14H2,1H3. The van der Waals surface area contributed by atoms with Crippen LogP contribution in [0, 0.1) is 0 Å². The molecule has 3 heterocycles. The molecule has 1 amide bonds. The van der Waals surface area contributed by atoms with E-state index < -0.39 is 0 Å². The molecule has 5 rings (SSSR count). The Morgan fingerprint density at radius 2 is 1.84 bits per heavy atom. The molecule has 0 atom stereocenters. The number of aliphatic imine (C=N–C) groups is 1. The van der Waals surface area contributed by atoms with Crippen LogP contribution < -0.4 is 4.74 Å². The van der Waals surface area contributed by atoms with Gasteiger partial charge in [-0.05, 0) is 61.4 Å². The summed E-state index contributed by atoms with van der Waals surface area (Å²) in [5.74, 6) is 0.581. The maximum Gasteiger partial charge on any atom is 0.286 e. The van der Waals surface area contributed by atoms with Crippen molar-refractivity contribution >= 4 is 28.9 Å². The molecule has 1 fully saturated rings. The van der Waals surface area contributed by atoms with Crippen molar-refractivity contribution in [3.63, 3.8) is 0 Å². The third kappa shape index (κ3) is 4.21. The van der Waals surface area contributed by atoms with E-state index in [2.05, 4.69) is 9.89 Å². The van der Waals surface area contributed by atoms with Crippen LogP contribution in [0.25, 0.3) is 23.0 Å². The molecular weight excluding hydrogens is 420 g/mol. The normalized spacial score (nSPS) is 17.7. The van der Waals surface area contributed by atoms with E-state index in [1.54, 1.807) is 7.11 Å². The van der Waals surface area contributed by atoms with Crippen molar-refractivity contribution in [1.82, 2.24) is 14.7 Å². The number of ether oxygens (including phenoxy) is 1. The zero-order chi connectivity index (χ0) is 21.9. The third-order valence-corrected chi connectivity index (χ3v) is 6.67. The zero-order valence-electron chi connectivity index (χ0n) is 17.9. The van der Waals surface area contributed by atoms with Gasteiger partial charge in [-0.2, -0.15) is 10.1 Å². The minimum atomic E-state index is -0.181. The highest BCUT2D eigenvalue weighted by Gasteiger charge is 2.27. The minimum Gasteiger partial charge on any atom is -0.497 e. The first-order valence-corrected chi connectivity index (χ1v) is 11.6. The van der Waals surface area contributed by atoms with E-state index in [9.17, 15) is 4.79 Å². The van der Waals surface area contributed by atoms with E-state index in [1.165, 1.54) is 18.2 Å². The van der Waals surface area contributed by atoms with Crippen LogP contribution in [-0.2, 0) is 4.79 Å². The van der Waals surface area contributed by atoms with Crippen molar-refractivity contribution in [1.29, 1.82) is 0 Å². The highest BCUT2D eigenvalue weighted by Crippen LogP contribution is 2.34.